The SMILES string of the molecule is Cc1cc(C)c(C(=O)OCC(N)=O)c(Cl)n1. The van der Waals surface area contributed by atoms with Gasteiger partial charge in [0, 0.05) is 5.69 Å². The summed E-state index contributed by atoms with van der Waals surface area (Å²) in [4.78, 5) is 25.9. The van der Waals surface area contributed by atoms with E-state index in [0.717, 1.165) is 0 Å². The van der Waals surface area contributed by atoms with Crippen LogP contribution in [-0.2, 0) is 9.53 Å². The predicted molar refractivity (Wildman–Crippen MR) is 58.2 cm³/mol. The molecular weight excluding hydrogens is 232 g/mol. The second-order valence-electron chi connectivity index (χ2n) is 3.29. The van der Waals surface area contributed by atoms with Gasteiger partial charge in [-0.05, 0) is 25.5 Å². The van der Waals surface area contributed by atoms with Gasteiger partial charge in [0.15, 0.2) is 6.61 Å². The predicted octanol–water partition coefficient (Wildman–Crippen LogP) is 0.994. The first-order valence-corrected chi connectivity index (χ1v) is 4.88. The largest absolute Gasteiger partial charge is 0.452 e. The average Bonchev–Trinajstić information content (AvgIpc) is 2.12. The van der Waals surface area contributed by atoms with Crippen molar-refractivity contribution in [3.8, 4) is 0 Å². The van der Waals surface area contributed by atoms with Crippen molar-refractivity contribution in [3.05, 3.63) is 28.0 Å². The Kier molecular flexibility index (Phi) is 3.84. The van der Waals surface area contributed by atoms with Crippen molar-refractivity contribution >= 4 is 23.5 Å². The Morgan fingerprint density at radius 1 is 1.50 bits per heavy atom. The van der Waals surface area contributed by atoms with Crippen molar-refractivity contribution in [2.75, 3.05) is 6.61 Å². The quantitative estimate of drug-likeness (QED) is 0.633. The van der Waals surface area contributed by atoms with Crippen LogP contribution in [0.15, 0.2) is 6.07 Å². The third-order valence-electron chi connectivity index (χ3n) is 1.85. The minimum absolute atomic E-state index is 0.0620. The van der Waals surface area contributed by atoms with Gasteiger partial charge in [0.1, 0.15) is 5.15 Å². The van der Waals surface area contributed by atoms with Crippen LogP contribution in [0, 0.1) is 13.8 Å². The molecule has 1 rings (SSSR count). The molecule has 0 fully saturated rings. The number of carbonyl (C=O) groups excluding carboxylic acids is 2. The van der Waals surface area contributed by atoms with E-state index in [-0.39, 0.29) is 10.7 Å². The number of ether oxygens (including phenoxy) is 1. The summed E-state index contributed by atoms with van der Waals surface area (Å²) in [5, 5.41) is 0.0620. The fraction of sp³-hybridized carbons (Fsp3) is 0.300. The zero-order valence-corrected chi connectivity index (χ0v) is 9.67. The van der Waals surface area contributed by atoms with Gasteiger partial charge in [-0.3, -0.25) is 4.79 Å². The number of carbonyl (C=O) groups is 2. The van der Waals surface area contributed by atoms with Crippen molar-refractivity contribution in [1.82, 2.24) is 4.98 Å². The highest BCUT2D eigenvalue weighted by Crippen LogP contribution is 2.19. The van der Waals surface area contributed by atoms with Gasteiger partial charge in [-0.1, -0.05) is 11.6 Å². The first-order chi connectivity index (χ1) is 7.41. The summed E-state index contributed by atoms with van der Waals surface area (Å²) >= 11 is 5.82. The fourth-order valence-electron chi connectivity index (χ4n) is 1.25. The van der Waals surface area contributed by atoms with Crippen molar-refractivity contribution in [3.63, 3.8) is 0 Å². The second kappa shape index (κ2) is 4.94. The first-order valence-electron chi connectivity index (χ1n) is 4.51. The number of nitrogens with zero attached hydrogens (tertiary/aromatic N) is 1. The number of hydrogen-bond donors (Lipinski definition) is 1. The van der Waals surface area contributed by atoms with Crippen LogP contribution in [0.4, 0.5) is 0 Å². The number of pyridine rings is 1. The third kappa shape index (κ3) is 2.93. The molecule has 0 saturated heterocycles. The lowest BCUT2D eigenvalue weighted by Crippen LogP contribution is -2.21. The normalized spacial score (nSPS) is 9.94. The molecule has 1 aromatic rings. The molecule has 0 saturated carbocycles. The highest BCUT2D eigenvalue weighted by molar-refractivity contribution is 6.32. The van der Waals surface area contributed by atoms with Crippen molar-refractivity contribution < 1.29 is 14.3 Å². The van der Waals surface area contributed by atoms with E-state index in [2.05, 4.69) is 9.72 Å². The molecule has 0 spiro atoms. The lowest BCUT2D eigenvalue weighted by atomic mass is 10.1. The average molecular weight is 243 g/mol. The number of aryl methyl sites for hydroxylation is 2. The molecule has 0 aliphatic rings. The van der Waals surface area contributed by atoms with Gasteiger partial charge in [-0.25, -0.2) is 9.78 Å². The molecule has 1 heterocycles. The number of hydrogen-bond acceptors (Lipinski definition) is 4. The number of primary amides is 1. The van der Waals surface area contributed by atoms with Gasteiger partial charge < -0.3 is 10.5 Å². The smallest absolute Gasteiger partial charge is 0.342 e. The zero-order valence-electron chi connectivity index (χ0n) is 8.91. The number of halogens is 1. The minimum atomic E-state index is -0.720. The molecular formula is C10H11ClN2O3. The number of esters is 1. The maximum atomic E-state index is 11.5. The Labute approximate surface area is 97.6 Å². The van der Waals surface area contributed by atoms with E-state index in [1.807, 2.05) is 0 Å². The Hall–Kier alpha value is -1.62. The summed E-state index contributed by atoms with van der Waals surface area (Å²) in [5.74, 6) is -1.42. The summed E-state index contributed by atoms with van der Waals surface area (Å²) in [7, 11) is 0. The summed E-state index contributed by atoms with van der Waals surface area (Å²) < 4.78 is 4.65. The van der Waals surface area contributed by atoms with Crippen LogP contribution >= 0.6 is 11.6 Å². The Bertz CT molecular complexity index is 423. The summed E-state index contributed by atoms with van der Waals surface area (Å²) in [6.07, 6.45) is 0. The lowest BCUT2D eigenvalue weighted by Gasteiger charge is -2.07. The molecule has 1 aromatic heterocycles. The van der Waals surface area contributed by atoms with E-state index in [1.54, 1.807) is 19.9 Å². The molecule has 0 bridgehead atoms. The lowest BCUT2D eigenvalue weighted by molar-refractivity contribution is -0.121. The summed E-state index contributed by atoms with van der Waals surface area (Å²) in [5.41, 5.74) is 6.36. The van der Waals surface area contributed by atoms with Crippen LogP contribution in [0.1, 0.15) is 21.6 Å². The van der Waals surface area contributed by atoms with Gasteiger partial charge in [0.25, 0.3) is 5.91 Å². The maximum absolute atomic E-state index is 11.5. The molecule has 0 radical (unpaired) electrons. The first kappa shape index (κ1) is 12.4. The fourth-order valence-corrected chi connectivity index (χ4v) is 1.60. The van der Waals surface area contributed by atoms with Crippen LogP contribution in [0.5, 0.6) is 0 Å². The molecule has 0 aliphatic heterocycles. The van der Waals surface area contributed by atoms with Crippen LogP contribution in [-0.4, -0.2) is 23.5 Å². The van der Waals surface area contributed by atoms with Crippen molar-refractivity contribution in [2.24, 2.45) is 5.73 Å². The second-order valence-corrected chi connectivity index (χ2v) is 3.65. The Balaban J connectivity index is 2.95. The van der Waals surface area contributed by atoms with Crippen molar-refractivity contribution in [2.45, 2.75) is 13.8 Å². The highest BCUT2D eigenvalue weighted by Gasteiger charge is 2.17. The Morgan fingerprint density at radius 2 is 2.12 bits per heavy atom. The minimum Gasteiger partial charge on any atom is -0.452 e. The van der Waals surface area contributed by atoms with E-state index < -0.39 is 18.5 Å². The van der Waals surface area contributed by atoms with E-state index in [0.29, 0.717) is 11.3 Å². The monoisotopic (exact) mass is 242 g/mol. The molecule has 86 valence electrons. The topological polar surface area (TPSA) is 82.3 Å². The van der Waals surface area contributed by atoms with Crippen LogP contribution < -0.4 is 5.73 Å². The molecule has 0 atom stereocenters. The Morgan fingerprint density at radius 3 is 2.62 bits per heavy atom. The maximum Gasteiger partial charge on any atom is 0.342 e. The molecule has 5 nitrogen and oxygen atoms in total. The standard InChI is InChI=1S/C10H11ClN2O3/c1-5-3-6(2)13-9(11)8(5)10(15)16-4-7(12)14/h3H,4H2,1-2H3,(H2,12,14). The third-order valence-corrected chi connectivity index (χ3v) is 2.12. The van der Waals surface area contributed by atoms with Crippen LogP contribution in [0.25, 0.3) is 0 Å². The van der Waals surface area contributed by atoms with Gasteiger partial charge >= 0.3 is 5.97 Å². The number of amides is 1. The van der Waals surface area contributed by atoms with E-state index in [4.69, 9.17) is 17.3 Å². The van der Waals surface area contributed by atoms with Gasteiger partial charge in [-0.15, -0.1) is 0 Å². The van der Waals surface area contributed by atoms with Crippen LogP contribution in [0.2, 0.25) is 5.15 Å². The van der Waals surface area contributed by atoms with E-state index in [9.17, 15) is 9.59 Å². The molecule has 0 unspecified atom stereocenters. The molecule has 2 N–H and O–H groups in total. The molecule has 1 amide bonds. The highest BCUT2D eigenvalue weighted by atomic mass is 35.5. The molecule has 6 heteroatoms. The van der Waals surface area contributed by atoms with E-state index in [1.165, 1.54) is 0 Å². The molecule has 16 heavy (non-hydrogen) atoms. The number of aromatic nitrogens is 1. The van der Waals surface area contributed by atoms with Gasteiger partial charge in [-0.2, -0.15) is 0 Å². The van der Waals surface area contributed by atoms with Crippen LogP contribution in [0.3, 0.4) is 0 Å². The number of nitrogens with two attached hydrogens (primary N) is 1. The summed E-state index contributed by atoms with van der Waals surface area (Å²) in [6, 6.07) is 1.70. The van der Waals surface area contributed by atoms with E-state index >= 15 is 0 Å². The van der Waals surface area contributed by atoms with Crippen molar-refractivity contribution in [1.29, 1.82) is 0 Å². The molecule has 0 aliphatic carbocycles. The van der Waals surface area contributed by atoms with Gasteiger partial charge in [0.2, 0.25) is 0 Å². The molecule has 0 aromatic carbocycles. The zero-order chi connectivity index (χ0) is 12.3. The number of rotatable bonds is 3. The van der Waals surface area contributed by atoms with Gasteiger partial charge in [0.05, 0.1) is 5.56 Å². The summed E-state index contributed by atoms with van der Waals surface area (Å²) in [6.45, 7) is 3.00.